The van der Waals surface area contributed by atoms with Crippen molar-refractivity contribution < 1.29 is 19.2 Å². The number of para-hydroxylation sites is 1. The number of carbonyl (C=O) groups excluding carboxylic acids is 4. The van der Waals surface area contributed by atoms with Crippen molar-refractivity contribution in [3.05, 3.63) is 90.1 Å². The number of aliphatic imine (C=N–C) groups is 1. The van der Waals surface area contributed by atoms with Gasteiger partial charge in [-0.3, -0.25) is 24.2 Å². The number of hydrogen-bond acceptors (Lipinski definition) is 7. The Morgan fingerprint density at radius 3 is 1.80 bits per heavy atom. The van der Waals surface area contributed by atoms with Gasteiger partial charge in [-0.1, -0.05) is 152 Å². The molecule has 0 saturated carbocycles. The number of hydrogen-bond donors (Lipinski definition) is 9. The second-order valence-electron chi connectivity index (χ2n) is 17.4. The Kier molecular flexibility index (Phi) is 24.3. The van der Waals surface area contributed by atoms with Crippen molar-refractivity contribution in [2.24, 2.45) is 22.2 Å². The lowest BCUT2D eigenvalue weighted by Crippen LogP contribution is -2.58. The highest BCUT2D eigenvalue weighted by molar-refractivity contribution is 5.95. The fourth-order valence-corrected chi connectivity index (χ4v) is 8.21. The van der Waals surface area contributed by atoms with Crippen molar-refractivity contribution in [2.45, 2.75) is 166 Å². The smallest absolute Gasteiger partial charge is 0.243 e. The molecule has 0 saturated heterocycles. The first kappa shape index (κ1) is 51.9. The summed E-state index contributed by atoms with van der Waals surface area (Å²) >= 11 is 0. The fourth-order valence-electron chi connectivity index (χ4n) is 8.21. The molecule has 0 fully saturated rings. The van der Waals surface area contributed by atoms with Crippen LogP contribution in [0.4, 0.5) is 0 Å². The molecule has 356 valence electrons. The summed E-state index contributed by atoms with van der Waals surface area (Å²) in [7, 11) is 0. The Labute approximate surface area is 386 Å². The van der Waals surface area contributed by atoms with E-state index < -0.39 is 41.9 Å². The number of imidazole rings is 1. The Hall–Kier alpha value is -5.70. The molecule has 0 aliphatic heterocycles. The highest BCUT2D eigenvalue weighted by Crippen LogP contribution is 2.20. The number of primary amides is 1. The van der Waals surface area contributed by atoms with Crippen LogP contribution in [0, 0.1) is 0 Å². The van der Waals surface area contributed by atoms with Gasteiger partial charge in [0.25, 0.3) is 0 Å². The van der Waals surface area contributed by atoms with E-state index in [1.54, 1.807) is 18.7 Å². The number of aromatic amines is 2. The van der Waals surface area contributed by atoms with Crippen LogP contribution in [-0.4, -0.2) is 81.8 Å². The third-order valence-electron chi connectivity index (χ3n) is 12.0. The molecule has 4 atom stereocenters. The van der Waals surface area contributed by atoms with Crippen LogP contribution >= 0.6 is 0 Å². The molecule has 15 nitrogen and oxygen atoms in total. The van der Waals surface area contributed by atoms with Crippen LogP contribution < -0.4 is 38.5 Å². The van der Waals surface area contributed by atoms with Crippen molar-refractivity contribution in [1.29, 1.82) is 0 Å². The number of amides is 4. The highest BCUT2D eigenvalue weighted by Gasteiger charge is 2.31. The summed E-state index contributed by atoms with van der Waals surface area (Å²) in [5, 5.41) is 13.0. The Bertz CT molecular complexity index is 1980. The first-order chi connectivity index (χ1) is 31.6. The molecule has 0 bridgehead atoms. The Balaban J connectivity index is 1.35. The molecule has 0 aliphatic carbocycles. The van der Waals surface area contributed by atoms with E-state index in [-0.39, 0.29) is 37.7 Å². The molecule has 12 N–H and O–H groups in total. The normalized spacial score (nSPS) is 13.1. The molecule has 4 aromatic rings. The van der Waals surface area contributed by atoms with Crippen LogP contribution in [0.25, 0.3) is 10.9 Å². The van der Waals surface area contributed by atoms with Gasteiger partial charge in [0.05, 0.1) is 12.4 Å². The maximum Gasteiger partial charge on any atom is 0.243 e. The van der Waals surface area contributed by atoms with Gasteiger partial charge < -0.3 is 48.4 Å². The number of rotatable bonds is 35. The molecule has 4 amide bonds. The minimum atomic E-state index is -1.11. The second-order valence-corrected chi connectivity index (χ2v) is 17.4. The zero-order chi connectivity index (χ0) is 46.5. The van der Waals surface area contributed by atoms with Crippen molar-refractivity contribution >= 4 is 40.5 Å². The predicted octanol–water partition coefficient (Wildman–Crippen LogP) is 6.13. The number of aromatic nitrogens is 3. The first-order valence-electron chi connectivity index (χ1n) is 24.2. The number of nitrogens with one attached hydrogen (secondary N) is 6. The van der Waals surface area contributed by atoms with Crippen LogP contribution in [0.1, 0.15) is 139 Å². The summed E-state index contributed by atoms with van der Waals surface area (Å²) in [6.45, 7) is 3.11. The number of fused-ring (bicyclic) bond motifs is 1. The van der Waals surface area contributed by atoms with E-state index in [2.05, 4.69) is 48.1 Å². The summed E-state index contributed by atoms with van der Waals surface area (Å²) in [5.74, 6) is -2.34. The van der Waals surface area contributed by atoms with Gasteiger partial charge in [-0.2, -0.15) is 0 Å². The molecule has 2 aromatic heterocycles. The third kappa shape index (κ3) is 20.3. The summed E-state index contributed by atoms with van der Waals surface area (Å²) in [4.78, 5) is 69.7. The summed E-state index contributed by atoms with van der Waals surface area (Å²) in [6.07, 6.45) is 26.7. The largest absolute Gasteiger partial charge is 0.370 e. The summed E-state index contributed by atoms with van der Waals surface area (Å²) in [5.41, 5.74) is 20.2. The Morgan fingerprint density at radius 2 is 1.18 bits per heavy atom. The van der Waals surface area contributed by atoms with Gasteiger partial charge >= 0.3 is 0 Å². The van der Waals surface area contributed by atoms with Crippen molar-refractivity contribution in [3.63, 3.8) is 0 Å². The quantitative estimate of drug-likeness (QED) is 0.0147. The molecule has 0 spiro atoms. The number of guanidine groups is 1. The summed E-state index contributed by atoms with van der Waals surface area (Å²) < 4.78 is 0. The topological polar surface area (TPSA) is 251 Å². The van der Waals surface area contributed by atoms with Gasteiger partial charge in [0, 0.05) is 54.8 Å². The molecule has 0 aliphatic rings. The van der Waals surface area contributed by atoms with Crippen LogP contribution in [0.5, 0.6) is 0 Å². The van der Waals surface area contributed by atoms with Crippen LogP contribution in [0.15, 0.2) is 78.3 Å². The molecule has 2 heterocycles. The monoisotopic (exact) mass is 896 g/mol. The van der Waals surface area contributed by atoms with Gasteiger partial charge in [0.15, 0.2) is 5.96 Å². The summed E-state index contributed by atoms with van der Waals surface area (Å²) in [6, 6.07) is 13.1. The van der Waals surface area contributed by atoms with Gasteiger partial charge in [-0.05, 0) is 43.0 Å². The van der Waals surface area contributed by atoms with Gasteiger partial charge in [-0.25, -0.2) is 4.98 Å². The van der Waals surface area contributed by atoms with E-state index >= 15 is 0 Å². The molecule has 0 unspecified atom stereocenters. The van der Waals surface area contributed by atoms with E-state index in [9.17, 15) is 19.2 Å². The number of carbonyl (C=O) groups is 4. The maximum absolute atomic E-state index is 14.3. The number of benzene rings is 2. The molecular formula is C50H77N11O4. The lowest BCUT2D eigenvalue weighted by molar-refractivity contribution is -0.133. The lowest BCUT2D eigenvalue weighted by atomic mass is 10.0. The van der Waals surface area contributed by atoms with E-state index in [0.29, 0.717) is 19.4 Å². The SMILES string of the molecule is CCCCCCCCCCCCCCCCCCN[C@@H](Cc1cnc[nH]1)C(=O)N[C@H](Cc1ccccc1)C(=O)N[C@@H](CCCN=C(N)N)C(=O)N[C@@H](Cc1c[nH]c2ccccc12)C(N)=O. The molecule has 2 aromatic carbocycles. The van der Waals surface area contributed by atoms with E-state index in [0.717, 1.165) is 47.0 Å². The van der Waals surface area contributed by atoms with Crippen molar-refractivity contribution in [3.8, 4) is 0 Å². The number of nitrogens with zero attached hydrogens (tertiary/aromatic N) is 2. The zero-order valence-corrected chi connectivity index (χ0v) is 38.8. The highest BCUT2D eigenvalue weighted by atomic mass is 16.2. The van der Waals surface area contributed by atoms with E-state index in [1.807, 2.05) is 54.6 Å². The average molecular weight is 896 g/mol. The van der Waals surface area contributed by atoms with E-state index in [4.69, 9.17) is 17.2 Å². The van der Waals surface area contributed by atoms with Crippen LogP contribution in [-0.2, 0) is 38.4 Å². The maximum atomic E-state index is 14.3. The lowest BCUT2D eigenvalue weighted by Gasteiger charge is -2.26. The molecule has 65 heavy (non-hydrogen) atoms. The van der Waals surface area contributed by atoms with Gasteiger partial charge in [-0.15, -0.1) is 0 Å². The zero-order valence-electron chi connectivity index (χ0n) is 38.8. The van der Waals surface area contributed by atoms with Crippen molar-refractivity contribution in [1.82, 2.24) is 36.2 Å². The van der Waals surface area contributed by atoms with Crippen molar-refractivity contribution in [2.75, 3.05) is 13.1 Å². The Morgan fingerprint density at radius 1 is 0.615 bits per heavy atom. The predicted molar refractivity (Wildman–Crippen MR) is 261 cm³/mol. The van der Waals surface area contributed by atoms with Gasteiger partial charge in [0.1, 0.15) is 18.1 Å². The van der Waals surface area contributed by atoms with Crippen LogP contribution in [0.2, 0.25) is 0 Å². The molecular weight excluding hydrogens is 819 g/mol. The number of unbranched alkanes of at least 4 members (excludes halogenated alkanes) is 15. The number of nitrogens with two attached hydrogens (primary N) is 3. The average Bonchev–Trinajstić information content (AvgIpc) is 3.97. The second kappa shape index (κ2) is 30.4. The minimum Gasteiger partial charge on any atom is -0.370 e. The molecule has 15 heteroatoms. The molecule has 0 radical (unpaired) electrons. The number of H-pyrrole nitrogens is 2. The third-order valence-corrected chi connectivity index (χ3v) is 12.0. The minimum absolute atomic E-state index is 0.0960. The first-order valence-corrected chi connectivity index (χ1v) is 24.2. The molecule has 4 rings (SSSR count). The fraction of sp³-hybridized carbons (Fsp3) is 0.560. The van der Waals surface area contributed by atoms with Crippen LogP contribution in [0.3, 0.4) is 0 Å². The van der Waals surface area contributed by atoms with Gasteiger partial charge in [0.2, 0.25) is 23.6 Å². The van der Waals surface area contributed by atoms with E-state index in [1.165, 1.54) is 83.5 Å². The standard InChI is InChI=1S/C50H77N11O4/c1-2-3-4-5-6-7-8-9-10-11-12-13-14-15-16-22-29-55-44(33-39-35-54-36-58-39)48(64)61-45(31-37-24-18-17-19-25-37)49(65)59-42(28-23-30-56-50(52)53)47(63)60-43(46(51)62)32-38-34-57-41-27-21-20-26-40(38)41/h17-21,24-27,34-36,42-45,55,57H,2-16,22-23,28-33H2,1H3,(H2,51,62)(H,54,58)(H,59,65)(H,60,63)(H,61,64)(H4,52,53,56)/t42-,43-,44-,45+/m0/s1.